The highest BCUT2D eigenvalue weighted by Gasteiger charge is 2.31. The third-order valence-electron chi connectivity index (χ3n) is 6.79. The van der Waals surface area contributed by atoms with Crippen LogP contribution in [-0.4, -0.2) is 49.0 Å². The normalized spacial score (nSPS) is 14.2. The molecule has 0 spiro atoms. The molecular weight excluding hydrogens is 472 g/mol. The first-order valence-corrected chi connectivity index (χ1v) is 12.4. The largest absolute Gasteiger partial charge is 1.00 e. The SMILES string of the molecule is CCN(CC)c1ccc2c(c1)Oc1cc(N(CC)CC)ccc1C2=C1C=C(C(=O)[O-])C(=O)C=C1C(=O)O.[H+]. The van der Waals surface area contributed by atoms with Gasteiger partial charge in [-0.05, 0) is 63.6 Å². The molecule has 0 unspecified atom stereocenters. The highest BCUT2D eigenvalue weighted by atomic mass is 16.5. The number of ether oxygens (including phenoxy) is 1. The number of rotatable bonds is 8. The topological polar surface area (TPSA) is 110 Å². The fourth-order valence-electron chi connectivity index (χ4n) is 4.85. The van der Waals surface area contributed by atoms with E-state index in [4.69, 9.17) is 4.74 Å². The molecule has 1 aliphatic carbocycles. The summed E-state index contributed by atoms with van der Waals surface area (Å²) in [7, 11) is 0. The van der Waals surface area contributed by atoms with Gasteiger partial charge in [0, 0.05) is 78.0 Å². The predicted octanol–water partition coefficient (Wildman–Crippen LogP) is 3.67. The van der Waals surface area contributed by atoms with Crippen molar-refractivity contribution < 1.29 is 30.8 Å². The molecule has 2 aliphatic rings. The number of fused-ring (bicyclic) bond motifs is 2. The van der Waals surface area contributed by atoms with E-state index in [1.165, 1.54) is 0 Å². The maximum atomic E-state index is 12.4. The van der Waals surface area contributed by atoms with Gasteiger partial charge in [0.25, 0.3) is 0 Å². The molecule has 8 heteroatoms. The molecule has 37 heavy (non-hydrogen) atoms. The van der Waals surface area contributed by atoms with Crippen molar-refractivity contribution in [2.75, 3.05) is 36.0 Å². The Morgan fingerprint density at radius 2 is 1.32 bits per heavy atom. The average molecular weight is 503 g/mol. The number of aliphatic carboxylic acids is 2. The Labute approximate surface area is 217 Å². The number of hydrogen-bond donors (Lipinski definition) is 1. The Bertz CT molecular complexity index is 1320. The summed E-state index contributed by atoms with van der Waals surface area (Å²) in [6, 6.07) is 11.3. The summed E-state index contributed by atoms with van der Waals surface area (Å²) >= 11 is 0. The molecule has 1 N–H and O–H groups in total. The monoisotopic (exact) mass is 502 g/mol. The zero-order chi connectivity index (χ0) is 26.9. The summed E-state index contributed by atoms with van der Waals surface area (Å²) in [6.45, 7) is 11.4. The third-order valence-corrected chi connectivity index (χ3v) is 6.79. The lowest BCUT2D eigenvalue weighted by molar-refractivity contribution is -0.298. The molecule has 0 saturated carbocycles. The maximum Gasteiger partial charge on any atom is 1.00 e. The van der Waals surface area contributed by atoms with E-state index < -0.39 is 23.3 Å². The van der Waals surface area contributed by atoms with Crippen LogP contribution >= 0.6 is 0 Å². The maximum absolute atomic E-state index is 12.4. The standard InChI is InChI=1S/C29H30N2O6/c1-5-30(6-2)17-9-11-19-25(13-17)37-26-14-18(31(7-3)8-4)10-12-20(26)27(19)21-15-23(29(35)36)24(32)16-22(21)28(33)34/h9-16H,5-8H2,1-4H3,(H,33,34)(H,35,36). The quantitative estimate of drug-likeness (QED) is 0.465. The second-order valence-corrected chi connectivity index (χ2v) is 8.67. The minimum atomic E-state index is -1.66. The molecular formula is C29H30N2O6. The van der Waals surface area contributed by atoms with Crippen molar-refractivity contribution in [3.05, 3.63) is 76.4 Å². The molecule has 2 aromatic rings. The van der Waals surface area contributed by atoms with E-state index >= 15 is 0 Å². The van der Waals surface area contributed by atoms with Gasteiger partial charge in [0.2, 0.25) is 0 Å². The lowest BCUT2D eigenvalue weighted by Gasteiger charge is -2.30. The molecule has 0 aromatic heterocycles. The molecule has 0 fully saturated rings. The molecule has 0 amide bonds. The fourth-order valence-corrected chi connectivity index (χ4v) is 4.85. The average Bonchev–Trinajstić information content (AvgIpc) is 2.88. The lowest BCUT2D eigenvalue weighted by atomic mass is 9.83. The second-order valence-electron chi connectivity index (χ2n) is 8.67. The molecule has 192 valence electrons. The zero-order valence-corrected chi connectivity index (χ0v) is 21.3. The highest BCUT2D eigenvalue weighted by Crippen LogP contribution is 2.49. The number of anilines is 2. The van der Waals surface area contributed by atoms with Crippen molar-refractivity contribution in [1.29, 1.82) is 0 Å². The summed E-state index contributed by atoms with van der Waals surface area (Å²) in [4.78, 5) is 40.6. The number of ketones is 1. The van der Waals surface area contributed by atoms with Crippen LogP contribution in [-0.2, 0) is 14.4 Å². The number of carboxylic acids is 2. The van der Waals surface area contributed by atoms with E-state index in [-0.39, 0.29) is 12.6 Å². The molecule has 1 heterocycles. The van der Waals surface area contributed by atoms with Crippen LogP contribution in [0.1, 0.15) is 40.2 Å². The summed E-state index contributed by atoms with van der Waals surface area (Å²) in [5.41, 5.74) is 2.79. The molecule has 1 aliphatic heterocycles. The number of carbonyl (C=O) groups is 3. The van der Waals surface area contributed by atoms with Crippen molar-refractivity contribution in [1.82, 2.24) is 0 Å². The molecule has 0 bridgehead atoms. The van der Waals surface area contributed by atoms with Crippen LogP contribution < -0.4 is 19.6 Å². The van der Waals surface area contributed by atoms with Gasteiger partial charge in [0.15, 0.2) is 5.78 Å². The van der Waals surface area contributed by atoms with Crippen LogP contribution in [0.25, 0.3) is 5.57 Å². The van der Waals surface area contributed by atoms with Crippen molar-refractivity contribution in [3.63, 3.8) is 0 Å². The van der Waals surface area contributed by atoms with Crippen LogP contribution in [0.3, 0.4) is 0 Å². The van der Waals surface area contributed by atoms with Gasteiger partial charge in [0.05, 0.1) is 11.5 Å². The number of hydrogen-bond acceptors (Lipinski definition) is 7. The molecule has 4 rings (SSSR count). The lowest BCUT2D eigenvalue weighted by Crippen LogP contribution is -2.30. The number of carbonyl (C=O) groups excluding carboxylic acids is 2. The summed E-state index contributed by atoms with van der Waals surface area (Å²) in [5, 5.41) is 21.6. The molecule has 0 saturated heterocycles. The van der Waals surface area contributed by atoms with E-state index in [2.05, 4.69) is 37.5 Å². The Morgan fingerprint density at radius 1 is 0.838 bits per heavy atom. The van der Waals surface area contributed by atoms with Gasteiger partial charge in [0.1, 0.15) is 11.5 Å². The van der Waals surface area contributed by atoms with E-state index in [0.29, 0.717) is 28.2 Å². The van der Waals surface area contributed by atoms with Crippen LogP contribution in [0.15, 0.2) is 65.3 Å². The first-order valence-electron chi connectivity index (χ1n) is 12.4. The van der Waals surface area contributed by atoms with Crippen LogP contribution in [0.2, 0.25) is 0 Å². The zero-order valence-electron chi connectivity index (χ0n) is 22.3. The smallest absolute Gasteiger partial charge is 0.545 e. The highest BCUT2D eigenvalue weighted by molar-refractivity contribution is 6.25. The molecule has 0 atom stereocenters. The summed E-state index contributed by atoms with van der Waals surface area (Å²) in [5.74, 6) is -2.88. The van der Waals surface area contributed by atoms with Crippen molar-refractivity contribution in [2.24, 2.45) is 0 Å². The van der Waals surface area contributed by atoms with Gasteiger partial charge < -0.3 is 29.5 Å². The van der Waals surface area contributed by atoms with Gasteiger partial charge >= 0.3 is 7.40 Å². The number of nitrogens with zero attached hydrogens (tertiary/aromatic N) is 2. The van der Waals surface area contributed by atoms with Crippen molar-refractivity contribution in [3.8, 4) is 11.5 Å². The van der Waals surface area contributed by atoms with E-state index in [1.807, 2.05) is 36.4 Å². The molecule has 8 nitrogen and oxygen atoms in total. The summed E-state index contributed by atoms with van der Waals surface area (Å²) < 4.78 is 6.38. The van der Waals surface area contributed by atoms with Crippen LogP contribution in [0.5, 0.6) is 11.5 Å². The van der Waals surface area contributed by atoms with Crippen molar-refractivity contribution in [2.45, 2.75) is 27.7 Å². The Morgan fingerprint density at radius 3 is 1.73 bits per heavy atom. The van der Waals surface area contributed by atoms with Crippen LogP contribution in [0, 0.1) is 0 Å². The molecule has 2 aromatic carbocycles. The first kappa shape index (κ1) is 25.8. The minimum absolute atomic E-state index is 0. The van der Waals surface area contributed by atoms with Gasteiger partial charge in [-0.2, -0.15) is 0 Å². The van der Waals surface area contributed by atoms with Gasteiger partial charge in [-0.25, -0.2) is 4.79 Å². The van der Waals surface area contributed by atoms with Gasteiger partial charge in [-0.15, -0.1) is 0 Å². The van der Waals surface area contributed by atoms with Crippen molar-refractivity contribution >= 4 is 34.7 Å². The predicted molar refractivity (Wildman–Crippen MR) is 141 cm³/mol. The van der Waals surface area contributed by atoms with E-state index in [1.54, 1.807) is 0 Å². The summed E-state index contributed by atoms with van der Waals surface area (Å²) in [6.07, 6.45) is 1.95. The number of carboxylic acid groups (broad SMARTS) is 2. The number of allylic oxidation sites excluding steroid dienone is 2. The van der Waals surface area contributed by atoms with Gasteiger partial charge in [-0.1, -0.05) is 0 Å². The van der Waals surface area contributed by atoms with E-state index in [0.717, 1.165) is 49.7 Å². The first-order chi connectivity index (χ1) is 17.7. The Kier molecular flexibility index (Phi) is 7.20. The minimum Gasteiger partial charge on any atom is -0.545 e. The molecule has 0 radical (unpaired) electrons. The van der Waals surface area contributed by atoms with E-state index in [9.17, 15) is 24.6 Å². The van der Waals surface area contributed by atoms with Gasteiger partial charge in [-0.3, -0.25) is 4.79 Å². The third kappa shape index (κ3) is 4.62. The Hall–Kier alpha value is -4.33. The Balaban J connectivity index is 0.00000400. The fraction of sp³-hybridized carbons (Fsp3) is 0.276. The second kappa shape index (κ2) is 10.3. The number of benzene rings is 2. The van der Waals surface area contributed by atoms with Crippen LogP contribution in [0.4, 0.5) is 11.4 Å².